The van der Waals surface area contributed by atoms with Crippen LogP contribution in [-0.2, 0) is 4.79 Å². The summed E-state index contributed by atoms with van der Waals surface area (Å²) in [6, 6.07) is 0. The van der Waals surface area contributed by atoms with Gasteiger partial charge < -0.3 is 5.11 Å². The minimum Gasteiger partial charge on any atom is -0.478 e. The molecule has 23 heavy (non-hydrogen) atoms. The second-order valence-corrected chi connectivity index (χ2v) is 6.76. The number of hydrogen-bond donors (Lipinski definition) is 1. The number of aliphatic carboxylic acids is 1. The Kier molecular flexibility index (Phi) is 9.76. The summed E-state index contributed by atoms with van der Waals surface area (Å²) in [5, 5.41) is 8.65. The van der Waals surface area contributed by atoms with Gasteiger partial charge in [-0.3, -0.25) is 0 Å². The van der Waals surface area contributed by atoms with Crippen LogP contribution in [-0.4, -0.2) is 40.6 Å². The number of rotatable bonds is 5. The SMILES string of the molecule is CC1=C(/C=C/C(C)=C/C=C/C(C)=C/C(=O)O)C(C)(C)CCC1.[Na]. The van der Waals surface area contributed by atoms with Gasteiger partial charge in [-0.2, -0.15) is 0 Å². The van der Waals surface area contributed by atoms with Gasteiger partial charge in [-0.1, -0.05) is 55.4 Å². The van der Waals surface area contributed by atoms with Crippen LogP contribution in [0.5, 0.6) is 0 Å². The summed E-state index contributed by atoms with van der Waals surface area (Å²) < 4.78 is 0. The second-order valence-electron chi connectivity index (χ2n) is 6.76. The molecule has 1 rings (SSSR count). The van der Waals surface area contributed by atoms with Gasteiger partial charge in [0.05, 0.1) is 0 Å². The van der Waals surface area contributed by atoms with E-state index >= 15 is 0 Å². The fourth-order valence-electron chi connectivity index (χ4n) is 2.88. The number of carbonyl (C=O) groups is 1. The van der Waals surface area contributed by atoms with Gasteiger partial charge in [0.1, 0.15) is 0 Å². The molecule has 3 heteroatoms. The van der Waals surface area contributed by atoms with Gasteiger partial charge in [-0.05, 0) is 56.6 Å². The minimum absolute atomic E-state index is 0. The summed E-state index contributed by atoms with van der Waals surface area (Å²) in [6.45, 7) is 10.7. The van der Waals surface area contributed by atoms with Crippen molar-refractivity contribution in [3.05, 3.63) is 58.7 Å². The third-order valence-electron chi connectivity index (χ3n) is 4.12. The minimum atomic E-state index is -0.912. The van der Waals surface area contributed by atoms with Crippen molar-refractivity contribution in [3.63, 3.8) is 0 Å². The van der Waals surface area contributed by atoms with E-state index in [0.717, 1.165) is 11.1 Å². The van der Waals surface area contributed by atoms with Crippen molar-refractivity contribution in [1.82, 2.24) is 0 Å². The molecule has 0 heterocycles. The van der Waals surface area contributed by atoms with Crippen molar-refractivity contribution in [2.24, 2.45) is 5.41 Å². The maximum Gasteiger partial charge on any atom is 0.328 e. The Bertz CT molecular complexity index is 572. The summed E-state index contributed by atoms with van der Waals surface area (Å²) in [5.74, 6) is -0.912. The number of carboxylic acid groups (broad SMARTS) is 1. The van der Waals surface area contributed by atoms with Crippen molar-refractivity contribution < 1.29 is 9.90 Å². The summed E-state index contributed by atoms with van der Waals surface area (Å²) in [4.78, 5) is 10.5. The summed E-state index contributed by atoms with van der Waals surface area (Å²) in [7, 11) is 0. The smallest absolute Gasteiger partial charge is 0.328 e. The van der Waals surface area contributed by atoms with E-state index in [1.807, 2.05) is 12.2 Å². The van der Waals surface area contributed by atoms with Gasteiger partial charge in [-0.25, -0.2) is 4.79 Å². The first-order valence-electron chi connectivity index (χ1n) is 7.87. The molecule has 1 aliphatic rings. The summed E-state index contributed by atoms with van der Waals surface area (Å²) in [6.07, 6.45) is 15.0. The predicted octanol–water partition coefficient (Wildman–Crippen LogP) is 5.22. The molecule has 2 nitrogen and oxygen atoms in total. The summed E-state index contributed by atoms with van der Waals surface area (Å²) in [5.41, 5.74) is 5.09. The molecule has 0 aliphatic heterocycles. The maximum atomic E-state index is 10.5. The zero-order valence-electron chi connectivity index (χ0n) is 15.4. The van der Waals surface area contributed by atoms with Gasteiger partial charge in [0.25, 0.3) is 0 Å². The molecular weight excluding hydrogens is 295 g/mol. The van der Waals surface area contributed by atoms with Crippen LogP contribution in [0.15, 0.2) is 58.7 Å². The van der Waals surface area contributed by atoms with Crippen LogP contribution < -0.4 is 0 Å². The average molecular weight is 323 g/mol. The van der Waals surface area contributed by atoms with Crippen LogP contribution in [0.1, 0.15) is 53.9 Å². The predicted molar refractivity (Wildman–Crippen MR) is 99.5 cm³/mol. The molecule has 0 aromatic rings. The Labute approximate surface area is 163 Å². The van der Waals surface area contributed by atoms with E-state index in [9.17, 15) is 4.79 Å². The van der Waals surface area contributed by atoms with Crippen molar-refractivity contribution in [2.45, 2.75) is 53.9 Å². The molecule has 1 N–H and O–H groups in total. The van der Waals surface area contributed by atoms with Gasteiger partial charge in [0.2, 0.25) is 0 Å². The van der Waals surface area contributed by atoms with E-state index in [2.05, 4.69) is 39.8 Å². The van der Waals surface area contributed by atoms with Crippen LogP contribution >= 0.6 is 0 Å². The Morgan fingerprint density at radius 2 is 1.83 bits per heavy atom. The third-order valence-corrected chi connectivity index (χ3v) is 4.12. The van der Waals surface area contributed by atoms with E-state index < -0.39 is 5.97 Å². The molecule has 0 amide bonds. The second kappa shape index (κ2) is 10.1. The molecule has 121 valence electrons. The largest absolute Gasteiger partial charge is 0.478 e. The van der Waals surface area contributed by atoms with Crippen LogP contribution in [0.3, 0.4) is 0 Å². The van der Waals surface area contributed by atoms with E-state index in [1.54, 1.807) is 13.0 Å². The standard InChI is InChI=1S/C20H28O2.Na/c1-15(8-6-9-16(2)14-19(21)22)11-12-18-17(3)10-7-13-20(18,4)5;/h6,8-9,11-12,14H,7,10,13H2,1-5H3,(H,21,22);/b9-6+,12-11+,15-8+,16-14+;. The zero-order chi connectivity index (χ0) is 16.8. The van der Waals surface area contributed by atoms with E-state index in [-0.39, 0.29) is 35.0 Å². The van der Waals surface area contributed by atoms with Crippen LogP contribution in [0, 0.1) is 5.41 Å². The number of allylic oxidation sites excluding steroid dienone is 9. The van der Waals surface area contributed by atoms with E-state index in [4.69, 9.17) is 5.11 Å². The molecule has 0 saturated carbocycles. The van der Waals surface area contributed by atoms with Gasteiger partial charge in [0, 0.05) is 35.6 Å². The van der Waals surface area contributed by atoms with Crippen molar-refractivity contribution in [1.29, 1.82) is 0 Å². The maximum absolute atomic E-state index is 10.5. The van der Waals surface area contributed by atoms with Gasteiger partial charge >= 0.3 is 5.97 Å². The van der Waals surface area contributed by atoms with Crippen molar-refractivity contribution in [3.8, 4) is 0 Å². The Balaban J connectivity index is 0.00000484. The molecule has 1 aliphatic carbocycles. The molecule has 1 radical (unpaired) electrons. The molecular formula is C20H28NaO2. The molecule has 0 fully saturated rings. The molecule has 0 aromatic carbocycles. The topological polar surface area (TPSA) is 37.3 Å². The first-order valence-corrected chi connectivity index (χ1v) is 7.87. The normalized spacial score (nSPS) is 19.3. The first kappa shape index (κ1) is 22.2. The first-order chi connectivity index (χ1) is 10.2. The average Bonchev–Trinajstić information content (AvgIpc) is 2.36. The zero-order valence-corrected chi connectivity index (χ0v) is 17.4. The van der Waals surface area contributed by atoms with Crippen LogP contribution in [0.25, 0.3) is 0 Å². The van der Waals surface area contributed by atoms with E-state index in [1.165, 1.54) is 36.5 Å². The number of hydrogen-bond acceptors (Lipinski definition) is 1. The van der Waals surface area contributed by atoms with Crippen LogP contribution in [0.2, 0.25) is 0 Å². The Morgan fingerprint density at radius 1 is 1.17 bits per heavy atom. The molecule has 0 spiro atoms. The van der Waals surface area contributed by atoms with Crippen molar-refractivity contribution >= 4 is 35.5 Å². The summed E-state index contributed by atoms with van der Waals surface area (Å²) >= 11 is 0. The Hall–Kier alpha value is -0.830. The van der Waals surface area contributed by atoms with Crippen molar-refractivity contribution in [2.75, 3.05) is 0 Å². The van der Waals surface area contributed by atoms with E-state index in [0.29, 0.717) is 0 Å². The quantitative estimate of drug-likeness (QED) is 0.428. The molecule has 0 bridgehead atoms. The fourth-order valence-corrected chi connectivity index (χ4v) is 2.88. The van der Waals surface area contributed by atoms with Gasteiger partial charge in [-0.15, -0.1) is 0 Å². The monoisotopic (exact) mass is 323 g/mol. The Morgan fingerprint density at radius 3 is 2.39 bits per heavy atom. The molecule has 0 atom stereocenters. The van der Waals surface area contributed by atoms with Gasteiger partial charge in [0.15, 0.2) is 0 Å². The third kappa shape index (κ3) is 8.01. The molecule has 0 saturated heterocycles. The fraction of sp³-hybridized carbons (Fsp3) is 0.450. The molecule has 0 unspecified atom stereocenters. The molecule has 0 aromatic heterocycles. The van der Waals surface area contributed by atoms with Crippen LogP contribution in [0.4, 0.5) is 0 Å². The number of carboxylic acids is 1.